The maximum atomic E-state index is 12.2. The summed E-state index contributed by atoms with van der Waals surface area (Å²) in [5, 5.41) is 14.8. The summed E-state index contributed by atoms with van der Waals surface area (Å²) in [7, 11) is 0. The van der Waals surface area contributed by atoms with Gasteiger partial charge in [-0.25, -0.2) is 4.98 Å². The summed E-state index contributed by atoms with van der Waals surface area (Å²) < 4.78 is 0. The van der Waals surface area contributed by atoms with Crippen molar-refractivity contribution in [2.24, 2.45) is 5.73 Å². The van der Waals surface area contributed by atoms with E-state index in [4.69, 9.17) is 10.8 Å². The molecule has 0 aliphatic rings. The Morgan fingerprint density at radius 3 is 2.62 bits per heavy atom. The third-order valence-corrected chi connectivity index (χ3v) is 4.03. The molecule has 0 unspecified atom stereocenters. The third-order valence-electron chi connectivity index (χ3n) is 2.45. The summed E-state index contributed by atoms with van der Waals surface area (Å²) in [4.78, 5) is 38.9. The molecule has 3 N–H and O–H groups in total. The van der Waals surface area contributed by atoms with Crippen LogP contribution in [0, 0.1) is 0 Å². The molecular formula is C12H11N3O4S2. The van der Waals surface area contributed by atoms with E-state index in [2.05, 4.69) is 4.98 Å². The molecule has 7 nitrogen and oxygen atoms in total. The average molecular weight is 325 g/mol. The number of carbonyl (C=O) groups is 3. The van der Waals surface area contributed by atoms with Crippen molar-refractivity contribution in [3.05, 3.63) is 27.9 Å². The standard InChI is InChI=1S/C12H11N3O4S2/c13-9(16)3-15(4-10(17)18)12(19)8-6-21-11(14-8)7-1-2-20-5-7/h1-2,5-6H,3-4H2,(H2,13,16)(H,17,18). The highest BCUT2D eigenvalue weighted by molar-refractivity contribution is 7.14. The number of rotatable bonds is 6. The van der Waals surface area contributed by atoms with Gasteiger partial charge in [0.15, 0.2) is 0 Å². The predicted molar refractivity (Wildman–Crippen MR) is 78.2 cm³/mol. The first-order chi connectivity index (χ1) is 9.97. The summed E-state index contributed by atoms with van der Waals surface area (Å²) in [6.07, 6.45) is 0. The highest BCUT2D eigenvalue weighted by Gasteiger charge is 2.22. The number of hydrogen-bond donors (Lipinski definition) is 2. The molecule has 2 aromatic heterocycles. The number of nitrogens with two attached hydrogens (primary N) is 1. The number of carbonyl (C=O) groups excluding carboxylic acids is 2. The number of aromatic nitrogens is 1. The summed E-state index contributed by atoms with van der Waals surface area (Å²) in [6, 6.07) is 1.87. The molecule has 0 aliphatic heterocycles. The Labute approximate surface area is 127 Å². The SMILES string of the molecule is NC(=O)CN(CC(=O)O)C(=O)c1csc(-c2ccsc2)n1. The van der Waals surface area contributed by atoms with Crippen LogP contribution in [0.4, 0.5) is 0 Å². The fraction of sp³-hybridized carbons (Fsp3) is 0.167. The van der Waals surface area contributed by atoms with Crippen molar-refractivity contribution in [2.45, 2.75) is 0 Å². The molecule has 0 fully saturated rings. The van der Waals surface area contributed by atoms with E-state index in [0.717, 1.165) is 10.5 Å². The quantitative estimate of drug-likeness (QED) is 0.818. The van der Waals surface area contributed by atoms with Gasteiger partial charge in [-0.3, -0.25) is 14.4 Å². The lowest BCUT2D eigenvalue weighted by Crippen LogP contribution is -2.41. The van der Waals surface area contributed by atoms with Crippen LogP contribution in [0.25, 0.3) is 10.6 Å². The Balaban J connectivity index is 2.20. The van der Waals surface area contributed by atoms with Gasteiger partial charge in [-0.2, -0.15) is 11.3 Å². The van der Waals surface area contributed by atoms with E-state index in [1.807, 2.05) is 16.8 Å². The molecule has 0 aliphatic carbocycles. The smallest absolute Gasteiger partial charge is 0.323 e. The predicted octanol–water partition coefficient (Wildman–Crippen LogP) is 0.884. The van der Waals surface area contributed by atoms with Crippen LogP contribution in [0.5, 0.6) is 0 Å². The monoisotopic (exact) mass is 325 g/mol. The van der Waals surface area contributed by atoms with Crippen LogP contribution in [0.15, 0.2) is 22.2 Å². The molecule has 0 atom stereocenters. The van der Waals surface area contributed by atoms with Crippen molar-refractivity contribution in [1.82, 2.24) is 9.88 Å². The van der Waals surface area contributed by atoms with Gasteiger partial charge in [0.25, 0.3) is 5.91 Å². The van der Waals surface area contributed by atoms with Crippen molar-refractivity contribution >= 4 is 40.5 Å². The number of aliphatic carboxylic acids is 1. The van der Waals surface area contributed by atoms with Gasteiger partial charge < -0.3 is 15.7 Å². The Morgan fingerprint density at radius 2 is 2.05 bits per heavy atom. The Bertz CT molecular complexity index is 650. The zero-order valence-corrected chi connectivity index (χ0v) is 12.3. The second kappa shape index (κ2) is 6.46. The molecule has 0 aromatic carbocycles. The van der Waals surface area contributed by atoms with Crippen LogP contribution in [0.3, 0.4) is 0 Å². The summed E-state index contributed by atoms with van der Waals surface area (Å²) in [5.74, 6) is -2.63. The molecule has 2 rings (SSSR count). The fourth-order valence-corrected chi connectivity index (χ4v) is 3.11. The Hall–Kier alpha value is -2.26. The highest BCUT2D eigenvalue weighted by Crippen LogP contribution is 2.26. The lowest BCUT2D eigenvalue weighted by atomic mass is 10.3. The average Bonchev–Trinajstić information content (AvgIpc) is 3.06. The topological polar surface area (TPSA) is 114 Å². The zero-order chi connectivity index (χ0) is 15.4. The van der Waals surface area contributed by atoms with Crippen LogP contribution >= 0.6 is 22.7 Å². The van der Waals surface area contributed by atoms with Crippen LogP contribution < -0.4 is 5.73 Å². The summed E-state index contributed by atoms with van der Waals surface area (Å²) in [6.45, 7) is -1.07. The highest BCUT2D eigenvalue weighted by atomic mass is 32.1. The maximum Gasteiger partial charge on any atom is 0.323 e. The van der Waals surface area contributed by atoms with Crippen LogP contribution in [0.2, 0.25) is 0 Å². The normalized spacial score (nSPS) is 10.3. The van der Waals surface area contributed by atoms with Gasteiger partial charge in [-0.05, 0) is 11.4 Å². The van der Waals surface area contributed by atoms with E-state index in [1.54, 1.807) is 0 Å². The summed E-state index contributed by atoms with van der Waals surface area (Å²) >= 11 is 2.78. The van der Waals surface area contributed by atoms with Gasteiger partial charge >= 0.3 is 5.97 Å². The lowest BCUT2D eigenvalue weighted by Gasteiger charge is -2.17. The number of carboxylic acids is 1. The van der Waals surface area contributed by atoms with Gasteiger partial charge in [0.2, 0.25) is 5.91 Å². The Morgan fingerprint density at radius 1 is 1.29 bits per heavy atom. The molecule has 0 bridgehead atoms. The van der Waals surface area contributed by atoms with Crippen LogP contribution in [-0.2, 0) is 9.59 Å². The maximum absolute atomic E-state index is 12.2. The van der Waals surface area contributed by atoms with Crippen molar-refractivity contribution < 1.29 is 19.5 Å². The third kappa shape index (κ3) is 3.86. The minimum atomic E-state index is -1.22. The molecule has 0 saturated heterocycles. The zero-order valence-electron chi connectivity index (χ0n) is 10.7. The van der Waals surface area contributed by atoms with Gasteiger partial charge in [0.05, 0.1) is 0 Å². The fourth-order valence-electron chi connectivity index (χ4n) is 1.60. The van der Waals surface area contributed by atoms with Crippen molar-refractivity contribution in [3.8, 4) is 10.6 Å². The van der Waals surface area contributed by atoms with E-state index in [9.17, 15) is 14.4 Å². The first-order valence-corrected chi connectivity index (χ1v) is 7.57. The van der Waals surface area contributed by atoms with Crippen LogP contribution in [0.1, 0.15) is 10.5 Å². The second-order valence-corrected chi connectivity index (χ2v) is 5.71. The van der Waals surface area contributed by atoms with E-state index >= 15 is 0 Å². The second-order valence-electron chi connectivity index (χ2n) is 4.07. The van der Waals surface area contributed by atoms with Crippen molar-refractivity contribution in [2.75, 3.05) is 13.1 Å². The number of carboxylic acid groups (broad SMARTS) is 1. The number of amides is 2. The molecule has 110 valence electrons. The molecule has 0 radical (unpaired) electrons. The molecule has 21 heavy (non-hydrogen) atoms. The van der Waals surface area contributed by atoms with E-state index in [0.29, 0.717) is 5.01 Å². The van der Waals surface area contributed by atoms with E-state index in [1.165, 1.54) is 28.1 Å². The van der Waals surface area contributed by atoms with E-state index < -0.39 is 30.9 Å². The number of hydrogen-bond acceptors (Lipinski definition) is 6. The van der Waals surface area contributed by atoms with E-state index in [-0.39, 0.29) is 5.69 Å². The molecule has 9 heteroatoms. The minimum Gasteiger partial charge on any atom is -0.480 e. The Kier molecular flexibility index (Phi) is 4.66. The molecule has 2 amide bonds. The van der Waals surface area contributed by atoms with Gasteiger partial charge in [0.1, 0.15) is 23.8 Å². The lowest BCUT2D eigenvalue weighted by molar-refractivity contribution is -0.138. The summed E-state index contributed by atoms with van der Waals surface area (Å²) in [5.41, 5.74) is 6.02. The first kappa shape index (κ1) is 15.1. The first-order valence-electron chi connectivity index (χ1n) is 5.75. The minimum absolute atomic E-state index is 0.101. The van der Waals surface area contributed by atoms with Crippen molar-refractivity contribution in [1.29, 1.82) is 0 Å². The molecule has 0 saturated carbocycles. The molecule has 2 aromatic rings. The number of nitrogens with zero attached hydrogens (tertiary/aromatic N) is 2. The molecule has 2 heterocycles. The number of thiophene rings is 1. The van der Waals surface area contributed by atoms with Gasteiger partial charge in [0, 0.05) is 16.3 Å². The largest absolute Gasteiger partial charge is 0.480 e. The van der Waals surface area contributed by atoms with Gasteiger partial charge in [-0.15, -0.1) is 11.3 Å². The van der Waals surface area contributed by atoms with Gasteiger partial charge in [-0.1, -0.05) is 0 Å². The van der Waals surface area contributed by atoms with Crippen LogP contribution in [-0.4, -0.2) is 45.9 Å². The molecular weight excluding hydrogens is 314 g/mol. The molecule has 0 spiro atoms. The number of thiazole rings is 1. The van der Waals surface area contributed by atoms with Crippen molar-refractivity contribution in [3.63, 3.8) is 0 Å². The number of primary amides is 1.